The molecule has 9 aromatic rings. The van der Waals surface area contributed by atoms with Gasteiger partial charge in [-0.15, -0.1) is 0 Å². The Morgan fingerprint density at radius 3 is 1.10 bits per heavy atom. The van der Waals surface area contributed by atoms with Crippen LogP contribution in [0.5, 0.6) is 17.2 Å². The van der Waals surface area contributed by atoms with E-state index >= 15 is 0 Å². The Morgan fingerprint density at radius 1 is 0.462 bits per heavy atom. The molecule has 0 saturated heterocycles. The van der Waals surface area contributed by atoms with Crippen molar-refractivity contribution in [3.05, 3.63) is 281 Å². The molecule has 6 heterocycles. The summed E-state index contributed by atoms with van der Waals surface area (Å²) in [7, 11) is 0. The van der Waals surface area contributed by atoms with E-state index in [0.717, 1.165) is 69.3 Å². The van der Waals surface area contributed by atoms with Gasteiger partial charge in [-0.2, -0.15) is 28.5 Å². The molecule has 0 saturated carbocycles. The van der Waals surface area contributed by atoms with Gasteiger partial charge < -0.3 is 30.0 Å². The van der Waals surface area contributed by atoms with Crippen molar-refractivity contribution in [2.45, 2.75) is 53.4 Å². The lowest BCUT2D eigenvalue weighted by molar-refractivity contribution is -0.171. The fourth-order valence-corrected chi connectivity index (χ4v) is 10.9. The number of alkyl halides is 3. The van der Waals surface area contributed by atoms with Gasteiger partial charge in [0.15, 0.2) is 34.3 Å². The number of aromatic hydroxyl groups is 3. The zero-order chi connectivity index (χ0) is 64.1. The zero-order valence-corrected chi connectivity index (χ0v) is 49.5. The molecule has 3 aliphatic heterocycles. The lowest BCUT2D eigenvalue weighted by Crippen LogP contribution is -2.51. The summed E-state index contributed by atoms with van der Waals surface area (Å²) in [6, 6.07) is 52.3. The summed E-state index contributed by atoms with van der Waals surface area (Å²) in [4.78, 5) is 78.6. The number of hydrogen-bond acceptors (Lipinski definition) is 12. The number of aromatic nitrogens is 6. The van der Waals surface area contributed by atoms with Gasteiger partial charge in [0.25, 0.3) is 17.7 Å². The van der Waals surface area contributed by atoms with Gasteiger partial charge in [0, 0.05) is 34.3 Å². The van der Waals surface area contributed by atoms with E-state index in [1.54, 1.807) is 76.5 Å². The van der Waals surface area contributed by atoms with E-state index in [0.29, 0.717) is 45.4 Å². The number of fused-ring (bicyclic) bond motifs is 3. The molecule has 0 bridgehead atoms. The van der Waals surface area contributed by atoms with E-state index in [1.165, 1.54) is 9.36 Å². The first-order valence-corrected chi connectivity index (χ1v) is 28.7. The van der Waals surface area contributed by atoms with Crippen LogP contribution >= 0.6 is 11.6 Å². The van der Waals surface area contributed by atoms with Crippen LogP contribution in [-0.2, 0) is 0 Å². The minimum atomic E-state index is -4.71. The number of benzene rings is 6. The molecule has 91 heavy (non-hydrogen) atoms. The number of carbonyl (C=O) groups excluding carboxylic acids is 3. The Balaban J connectivity index is 0.000000161. The van der Waals surface area contributed by atoms with Crippen LogP contribution in [0.15, 0.2) is 209 Å². The Kier molecular flexibility index (Phi) is 19.3. The molecule has 3 aromatic heterocycles. The summed E-state index contributed by atoms with van der Waals surface area (Å²) in [6.45, 7) is 7.08. The first-order valence-electron chi connectivity index (χ1n) is 28.3. The van der Waals surface area contributed by atoms with Crippen LogP contribution in [0.1, 0.15) is 100.0 Å². The summed E-state index contributed by atoms with van der Waals surface area (Å²) in [5.74, 6) is -4.08. The maximum absolute atomic E-state index is 13.6. The standard InChI is InChI=1S/C23H18F3N3O3.C23H21N3O3.C22H18ClN3O3.CH4/c1-14(23(24,25)26)28-13-17(29-20(22(28)32)21(31)18(30)12-27-29)19(15-8-4-2-5-9-15)16-10-6-3-7-11-16;1-15(2)25-14-18(26-21(23(25)29)22(28)19(27)13-24-26)20(16-9-5-3-6-10-16)17-11-7-4-8-12-17;1-2-25-13-17(26-20(22(25)29)21(28)18(27)12-24-26)19(14-7-4-3-5-8-14)15-9-6-10-16(23)11-15;/h2-12,14,31H,13H2,1H3;3-13,15,28H,14H2,1-2H3;3-12,28H,2,13H2,1H3;1H4/b;;19-17+;. The largest absolute Gasteiger partial charge is 0.502 e. The normalized spacial score (nSPS) is 14.4. The number of rotatable bonds is 9. The summed E-state index contributed by atoms with van der Waals surface area (Å²) in [5.41, 5.74) is 5.72. The van der Waals surface area contributed by atoms with Crippen molar-refractivity contribution in [1.29, 1.82) is 0 Å². The van der Waals surface area contributed by atoms with Crippen LogP contribution in [-0.4, -0.2) is 122 Å². The highest BCUT2D eigenvalue weighted by atomic mass is 35.5. The quantitative estimate of drug-likeness (QED) is 0.123. The smallest absolute Gasteiger partial charge is 0.408 e. The maximum atomic E-state index is 13.6. The minimum Gasteiger partial charge on any atom is -0.502 e. The van der Waals surface area contributed by atoms with Crippen molar-refractivity contribution in [3.63, 3.8) is 0 Å². The first kappa shape index (κ1) is 64.5. The van der Waals surface area contributed by atoms with Crippen LogP contribution in [0.4, 0.5) is 13.2 Å². The van der Waals surface area contributed by atoms with Crippen molar-refractivity contribution in [2.24, 2.45) is 0 Å². The lowest BCUT2D eigenvalue weighted by Gasteiger charge is -2.37. The van der Waals surface area contributed by atoms with E-state index in [2.05, 4.69) is 15.3 Å². The van der Waals surface area contributed by atoms with Crippen molar-refractivity contribution >= 4 is 63.1 Å². The molecule has 3 aliphatic rings. The molecule has 1 atom stereocenters. The maximum Gasteiger partial charge on any atom is 0.408 e. The molecule has 1 unspecified atom stereocenters. The summed E-state index contributed by atoms with van der Waals surface area (Å²) in [6.07, 6.45) is -1.80. The molecule has 0 radical (unpaired) electrons. The van der Waals surface area contributed by atoms with E-state index in [9.17, 15) is 57.3 Å². The van der Waals surface area contributed by atoms with E-state index in [-0.39, 0.29) is 37.1 Å². The third-order valence-corrected chi connectivity index (χ3v) is 15.5. The first-order chi connectivity index (χ1) is 43.2. The topological polar surface area (TPSA) is 226 Å². The number of nitrogens with zero attached hydrogens (tertiary/aromatic N) is 9. The second-order valence-corrected chi connectivity index (χ2v) is 21.6. The van der Waals surface area contributed by atoms with Gasteiger partial charge in [-0.25, -0.2) is 14.0 Å². The molecule has 3 N–H and O–H groups in total. The van der Waals surface area contributed by atoms with Gasteiger partial charge in [0.1, 0.15) is 6.04 Å². The van der Waals surface area contributed by atoms with Crippen LogP contribution in [0.3, 0.4) is 0 Å². The zero-order valence-electron chi connectivity index (χ0n) is 48.8. The fourth-order valence-electron chi connectivity index (χ4n) is 10.8. The molecule has 0 aliphatic carbocycles. The van der Waals surface area contributed by atoms with Gasteiger partial charge in [-0.3, -0.25) is 28.8 Å². The van der Waals surface area contributed by atoms with Crippen molar-refractivity contribution in [3.8, 4) is 17.2 Å². The number of amides is 3. The molecule has 0 spiro atoms. The predicted octanol–water partition coefficient (Wildman–Crippen LogP) is 11.1. The Morgan fingerprint density at radius 2 is 0.769 bits per heavy atom. The van der Waals surface area contributed by atoms with Crippen molar-refractivity contribution < 1.29 is 42.9 Å². The van der Waals surface area contributed by atoms with Crippen LogP contribution < -0.4 is 16.3 Å². The molecule has 12 rings (SSSR count). The predicted molar refractivity (Wildman–Crippen MR) is 342 cm³/mol. The highest BCUT2D eigenvalue weighted by Gasteiger charge is 2.46. The second-order valence-electron chi connectivity index (χ2n) is 21.2. The van der Waals surface area contributed by atoms with Crippen LogP contribution in [0, 0.1) is 0 Å². The Hall–Kier alpha value is -10.9. The molecule has 464 valence electrons. The van der Waals surface area contributed by atoms with Crippen LogP contribution in [0.2, 0.25) is 5.02 Å². The summed E-state index contributed by atoms with van der Waals surface area (Å²) in [5, 5.41) is 44.1. The molecular formula is C69H61ClF3N9O9. The fraction of sp³-hybridized carbons (Fsp3) is 0.174. The van der Waals surface area contributed by atoms with Gasteiger partial charge in [0.05, 0.1) is 55.3 Å². The molecule has 6 aromatic carbocycles. The summed E-state index contributed by atoms with van der Waals surface area (Å²) >= 11 is 6.25. The molecule has 3 amide bonds. The minimum absolute atomic E-state index is 0. The highest BCUT2D eigenvalue weighted by molar-refractivity contribution is 6.30. The summed E-state index contributed by atoms with van der Waals surface area (Å²) < 4.78 is 44.6. The molecule has 22 heteroatoms. The van der Waals surface area contributed by atoms with E-state index < -0.39 is 75.7 Å². The third kappa shape index (κ3) is 13.0. The average molecular weight is 1250 g/mol. The van der Waals surface area contributed by atoms with Gasteiger partial charge >= 0.3 is 6.18 Å². The second kappa shape index (κ2) is 27.2. The van der Waals surface area contributed by atoms with Crippen molar-refractivity contribution in [2.75, 3.05) is 26.2 Å². The number of likely N-dealkylation sites (N-methyl/N-ethyl adjacent to an activating group) is 1. The molecular weight excluding hydrogens is 1190 g/mol. The highest BCUT2D eigenvalue weighted by Crippen LogP contribution is 2.39. The van der Waals surface area contributed by atoms with E-state index in [4.69, 9.17) is 11.6 Å². The van der Waals surface area contributed by atoms with Gasteiger partial charge in [0.2, 0.25) is 16.3 Å². The third-order valence-electron chi connectivity index (χ3n) is 15.3. The average Bonchev–Trinajstić information content (AvgIpc) is 0.767. The number of hydrogen-bond donors (Lipinski definition) is 3. The Bertz CT molecular complexity index is 4420. The number of halogens is 4. The van der Waals surface area contributed by atoms with E-state index in [1.807, 2.05) is 130 Å². The van der Waals surface area contributed by atoms with Crippen LogP contribution in [0.25, 0.3) is 33.8 Å². The number of carbonyl (C=O) groups is 3. The van der Waals surface area contributed by atoms with Gasteiger partial charge in [-0.05, 0) is 73.2 Å². The molecule has 0 fully saturated rings. The van der Waals surface area contributed by atoms with Crippen molar-refractivity contribution in [1.82, 2.24) is 44.0 Å². The Labute approximate surface area is 525 Å². The van der Waals surface area contributed by atoms with Gasteiger partial charge in [-0.1, -0.05) is 183 Å². The SMILES string of the molecule is C.CC(C)N1CC(=C(c2ccccc2)c2ccccc2)n2ncc(=O)c(O)c2C1=O.CC(N1CC(=C(c2ccccc2)c2ccccc2)n2ncc(=O)c(O)c2C1=O)C(F)(F)F.CCN1C/C(=C(/c2ccccc2)c2cccc(Cl)c2)n2ncc(=O)c(O)c2C1=O. The molecule has 18 nitrogen and oxygen atoms in total. The monoisotopic (exact) mass is 1250 g/mol. The lowest BCUT2D eigenvalue weighted by atomic mass is 9.94.